The van der Waals surface area contributed by atoms with E-state index in [0.717, 1.165) is 4.90 Å². The molecule has 1 amide bonds. The van der Waals surface area contributed by atoms with Crippen LogP contribution < -0.4 is 5.73 Å². The number of halogens is 3. The zero-order chi connectivity index (χ0) is 12.8. The predicted molar refractivity (Wildman–Crippen MR) is 51.0 cm³/mol. The second-order valence-corrected chi connectivity index (χ2v) is 3.11. The van der Waals surface area contributed by atoms with E-state index >= 15 is 0 Å². The summed E-state index contributed by atoms with van der Waals surface area (Å²) in [5.74, 6) is -0.895. The largest absolute Gasteiger partial charge is 0.409 e. The Morgan fingerprint density at radius 3 is 2.44 bits per heavy atom. The van der Waals surface area contributed by atoms with Crippen LogP contribution in [-0.4, -0.2) is 41.1 Å². The van der Waals surface area contributed by atoms with Crippen molar-refractivity contribution < 1.29 is 23.2 Å². The Labute approximate surface area is 90.7 Å². The van der Waals surface area contributed by atoms with Crippen LogP contribution in [0.1, 0.15) is 19.8 Å². The van der Waals surface area contributed by atoms with Crippen molar-refractivity contribution in [3.63, 3.8) is 0 Å². The van der Waals surface area contributed by atoms with Crippen molar-refractivity contribution in [3.05, 3.63) is 0 Å². The molecule has 0 aromatic carbocycles. The summed E-state index contributed by atoms with van der Waals surface area (Å²) in [6.45, 7) is 1.62. The van der Waals surface area contributed by atoms with Gasteiger partial charge in [0, 0.05) is 13.0 Å². The molecule has 0 bridgehead atoms. The maximum absolute atomic E-state index is 11.9. The molecule has 94 valence electrons. The number of rotatable bonds is 5. The number of nitrogens with two attached hydrogens (primary N) is 1. The van der Waals surface area contributed by atoms with Gasteiger partial charge in [0.25, 0.3) is 0 Å². The standard InChI is InChI=1S/C8H14F3N3O2/c1-2-14(5-6(12)13-16)7(15)3-4-8(9,10)11/h16H,2-5H2,1H3,(H2,12,13). The third kappa shape index (κ3) is 6.10. The molecule has 5 nitrogen and oxygen atoms in total. The predicted octanol–water partition coefficient (Wildman–Crippen LogP) is 0.924. The smallest absolute Gasteiger partial charge is 0.389 e. The van der Waals surface area contributed by atoms with Crippen LogP contribution in [0.15, 0.2) is 5.16 Å². The average Bonchev–Trinajstić information content (AvgIpc) is 2.21. The van der Waals surface area contributed by atoms with Crippen molar-refractivity contribution in [1.82, 2.24) is 4.90 Å². The van der Waals surface area contributed by atoms with Crippen LogP contribution in [0.2, 0.25) is 0 Å². The van der Waals surface area contributed by atoms with Gasteiger partial charge in [-0.15, -0.1) is 0 Å². The fourth-order valence-electron chi connectivity index (χ4n) is 1.01. The summed E-state index contributed by atoms with van der Waals surface area (Å²) in [6, 6.07) is 0. The van der Waals surface area contributed by atoms with Crippen molar-refractivity contribution in [2.75, 3.05) is 13.1 Å². The highest BCUT2D eigenvalue weighted by atomic mass is 19.4. The van der Waals surface area contributed by atoms with E-state index in [0.29, 0.717) is 0 Å². The minimum absolute atomic E-state index is 0.177. The number of carbonyl (C=O) groups excluding carboxylic acids is 1. The van der Waals surface area contributed by atoms with E-state index in [1.165, 1.54) is 0 Å². The number of amidine groups is 1. The van der Waals surface area contributed by atoms with E-state index in [2.05, 4.69) is 5.16 Å². The molecule has 0 heterocycles. The summed E-state index contributed by atoms with van der Waals surface area (Å²) in [4.78, 5) is 12.4. The Balaban J connectivity index is 4.22. The first-order valence-corrected chi connectivity index (χ1v) is 4.61. The average molecular weight is 241 g/mol. The number of hydrogen-bond donors (Lipinski definition) is 2. The van der Waals surface area contributed by atoms with Gasteiger partial charge in [0.1, 0.15) is 0 Å². The fraction of sp³-hybridized carbons (Fsp3) is 0.750. The number of carbonyl (C=O) groups is 1. The highest BCUT2D eigenvalue weighted by Gasteiger charge is 2.29. The molecular formula is C8H14F3N3O2. The lowest BCUT2D eigenvalue weighted by Crippen LogP contribution is -2.38. The Morgan fingerprint density at radius 2 is 2.06 bits per heavy atom. The number of hydrogen-bond acceptors (Lipinski definition) is 3. The second kappa shape index (κ2) is 6.19. The molecule has 0 aliphatic heterocycles. The maximum Gasteiger partial charge on any atom is 0.389 e. The minimum atomic E-state index is -4.36. The van der Waals surface area contributed by atoms with Crippen LogP contribution >= 0.6 is 0 Å². The number of oxime groups is 1. The van der Waals surface area contributed by atoms with Gasteiger partial charge in [0.2, 0.25) is 5.91 Å². The molecule has 0 aliphatic rings. The summed E-state index contributed by atoms with van der Waals surface area (Å²) >= 11 is 0. The number of amides is 1. The molecule has 0 saturated carbocycles. The first kappa shape index (κ1) is 14.5. The molecule has 8 heteroatoms. The molecule has 0 radical (unpaired) electrons. The van der Waals surface area contributed by atoms with Gasteiger partial charge in [0.15, 0.2) is 5.84 Å². The third-order valence-corrected chi connectivity index (χ3v) is 1.84. The van der Waals surface area contributed by atoms with Crippen LogP contribution in [0.25, 0.3) is 0 Å². The normalized spacial score (nSPS) is 12.6. The Kier molecular flexibility index (Phi) is 5.62. The van der Waals surface area contributed by atoms with Crippen LogP contribution in [0.3, 0.4) is 0 Å². The van der Waals surface area contributed by atoms with Crippen LogP contribution in [0, 0.1) is 0 Å². The van der Waals surface area contributed by atoms with E-state index in [-0.39, 0.29) is 18.9 Å². The molecule has 16 heavy (non-hydrogen) atoms. The summed E-state index contributed by atoms with van der Waals surface area (Å²) in [5.41, 5.74) is 5.15. The Morgan fingerprint density at radius 1 is 1.50 bits per heavy atom. The molecule has 0 rings (SSSR count). The molecule has 0 atom stereocenters. The highest BCUT2D eigenvalue weighted by Crippen LogP contribution is 2.21. The van der Waals surface area contributed by atoms with Crippen molar-refractivity contribution in [2.24, 2.45) is 10.9 Å². The molecular weight excluding hydrogens is 227 g/mol. The van der Waals surface area contributed by atoms with Gasteiger partial charge in [-0.2, -0.15) is 13.2 Å². The number of nitrogens with zero attached hydrogens (tertiary/aromatic N) is 2. The molecule has 0 aromatic heterocycles. The van der Waals surface area contributed by atoms with E-state index in [1.54, 1.807) is 6.92 Å². The van der Waals surface area contributed by atoms with Gasteiger partial charge in [-0.25, -0.2) is 0 Å². The lowest BCUT2D eigenvalue weighted by molar-refractivity contribution is -0.148. The molecule has 0 unspecified atom stereocenters. The van der Waals surface area contributed by atoms with E-state index in [1.807, 2.05) is 0 Å². The van der Waals surface area contributed by atoms with E-state index in [9.17, 15) is 18.0 Å². The topological polar surface area (TPSA) is 78.9 Å². The van der Waals surface area contributed by atoms with Gasteiger partial charge < -0.3 is 15.8 Å². The monoisotopic (exact) mass is 241 g/mol. The van der Waals surface area contributed by atoms with Crippen molar-refractivity contribution in [3.8, 4) is 0 Å². The lowest BCUT2D eigenvalue weighted by Gasteiger charge is -2.20. The molecule has 0 aliphatic carbocycles. The fourth-order valence-corrected chi connectivity index (χ4v) is 1.01. The quantitative estimate of drug-likeness (QED) is 0.325. The van der Waals surface area contributed by atoms with Gasteiger partial charge >= 0.3 is 6.18 Å². The van der Waals surface area contributed by atoms with Crippen LogP contribution in [0.5, 0.6) is 0 Å². The molecule has 0 saturated heterocycles. The SMILES string of the molecule is CCN(CC(N)=NO)C(=O)CCC(F)(F)F. The van der Waals surface area contributed by atoms with Crippen molar-refractivity contribution in [2.45, 2.75) is 25.9 Å². The lowest BCUT2D eigenvalue weighted by atomic mass is 10.2. The summed E-state index contributed by atoms with van der Waals surface area (Å²) < 4.78 is 35.6. The summed E-state index contributed by atoms with van der Waals surface area (Å²) in [6.07, 6.45) is -6.15. The first-order valence-electron chi connectivity index (χ1n) is 4.61. The van der Waals surface area contributed by atoms with E-state index < -0.39 is 24.9 Å². The minimum Gasteiger partial charge on any atom is -0.409 e. The Hall–Kier alpha value is -1.47. The summed E-state index contributed by atoms with van der Waals surface area (Å²) in [7, 11) is 0. The third-order valence-electron chi connectivity index (χ3n) is 1.84. The molecule has 0 aromatic rings. The van der Waals surface area contributed by atoms with E-state index in [4.69, 9.17) is 10.9 Å². The summed E-state index contributed by atoms with van der Waals surface area (Å²) in [5, 5.41) is 10.9. The molecule has 3 N–H and O–H groups in total. The second-order valence-electron chi connectivity index (χ2n) is 3.11. The first-order chi connectivity index (χ1) is 7.30. The van der Waals surface area contributed by atoms with Crippen molar-refractivity contribution in [1.29, 1.82) is 0 Å². The van der Waals surface area contributed by atoms with Gasteiger partial charge in [-0.3, -0.25) is 4.79 Å². The van der Waals surface area contributed by atoms with Crippen molar-refractivity contribution >= 4 is 11.7 Å². The zero-order valence-electron chi connectivity index (χ0n) is 8.79. The zero-order valence-corrected chi connectivity index (χ0v) is 8.79. The van der Waals surface area contributed by atoms with Crippen LogP contribution in [0.4, 0.5) is 13.2 Å². The Bertz CT molecular complexity index is 266. The highest BCUT2D eigenvalue weighted by molar-refractivity contribution is 5.86. The maximum atomic E-state index is 11.9. The van der Waals surface area contributed by atoms with Crippen LogP contribution in [-0.2, 0) is 4.79 Å². The van der Waals surface area contributed by atoms with Gasteiger partial charge in [-0.05, 0) is 6.92 Å². The number of alkyl halides is 3. The number of likely N-dealkylation sites (N-methyl/N-ethyl adjacent to an activating group) is 1. The van der Waals surface area contributed by atoms with Gasteiger partial charge in [-0.1, -0.05) is 5.16 Å². The molecule has 0 fully saturated rings. The molecule has 0 spiro atoms. The van der Waals surface area contributed by atoms with Gasteiger partial charge in [0.05, 0.1) is 13.0 Å².